The van der Waals surface area contributed by atoms with Crippen molar-refractivity contribution in [2.75, 3.05) is 6.54 Å². The van der Waals surface area contributed by atoms with Crippen LogP contribution in [0.4, 0.5) is 0 Å². The molecular weight excluding hydrogens is 234 g/mol. The first-order chi connectivity index (χ1) is 9.27. The summed E-state index contributed by atoms with van der Waals surface area (Å²) in [4.78, 5) is 0. The minimum absolute atomic E-state index is 0.447. The van der Waals surface area contributed by atoms with Gasteiger partial charge in [0.2, 0.25) is 0 Å². The topological polar surface area (TPSA) is 29.9 Å². The predicted molar refractivity (Wildman–Crippen MR) is 80.1 cm³/mol. The van der Waals surface area contributed by atoms with Crippen molar-refractivity contribution in [3.63, 3.8) is 0 Å². The van der Waals surface area contributed by atoms with Crippen LogP contribution in [-0.2, 0) is 6.54 Å². The molecule has 108 valence electrons. The Bertz CT molecular complexity index is 377. The zero-order valence-electron chi connectivity index (χ0n) is 12.8. The molecule has 3 heteroatoms. The molecule has 0 spiro atoms. The maximum atomic E-state index is 4.48. The number of nitrogens with zero attached hydrogens (tertiary/aromatic N) is 2. The van der Waals surface area contributed by atoms with Crippen molar-refractivity contribution in [3.8, 4) is 0 Å². The van der Waals surface area contributed by atoms with Gasteiger partial charge in [-0.2, -0.15) is 5.10 Å². The van der Waals surface area contributed by atoms with Gasteiger partial charge in [-0.25, -0.2) is 0 Å². The summed E-state index contributed by atoms with van der Waals surface area (Å²) >= 11 is 0. The number of aromatic nitrogens is 2. The van der Waals surface area contributed by atoms with Gasteiger partial charge in [0.15, 0.2) is 0 Å². The van der Waals surface area contributed by atoms with Gasteiger partial charge in [0.1, 0.15) is 0 Å². The predicted octanol–water partition coefficient (Wildman–Crippen LogP) is 3.91. The Labute approximate surface area is 117 Å². The molecule has 1 aromatic rings. The van der Waals surface area contributed by atoms with Crippen molar-refractivity contribution < 1.29 is 0 Å². The highest BCUT2D eigenvalue weighted by molar-refractivity contribution is 5.13. The van der Waals surface area contributed by atoms with E-state index in [1.165, 1.54) is 44.2 Å². The van der Waals surface area contributed by atoms with Crippen LogP contribution in [0.1, 0.15) is 71.0 Å². The molecule has 3 nitrogen and oxygen atoms in total. The lowest BCUT2D eigenvalue weighted by molar-refractivity contribution is 0.178. The second-order valence-electron chi connectivity index (χ2n) is 5.88. The molecule has 2 rings (SSSR count). The first kappa shape index (κ1) is 14.6. The molecule has 0 aliphatic heterocycles. The fourth-order valence-electron chi connectivity index (χ4n) is 3.70. The Morgan fingerprint density at radius 3 is 2.63 bits per heavy atom. The number of aryl methyl sites for hydroxylation is 1. The van der Waals surface area contributed by atoms with Crippen molar-refractivity contribution in [2.24, 2.45) is 5.41 Å². The molecule has 1 saturated carbocycles. The molecule has 1 fully saturated rings. The highest BCUT2D eigenvalue weighted by atomic mass is 15.3. The SMILES string of the molecule is CCCNC(c1ccnn1CC)C1(CC)CCCC1. The minimum atomic E-state index is 0.447. The third-order valence-corrected chi connectivity index (χ3v) is 4.86. The maximum Gasteiger partial charge on any atom is 0.0559 e. The highest BCUT2D eigenvalue weighted by Crippen LogP contribution is 2.49. The van der Waals surface area contributed by atoms with E-state index in [-0.39, 0.29) is 0 Å². The van der Waals surface area contributed by atoms with E-state index in [0.29, 0.717) is 11.5 Å². The fraction of sp³-hybridized carbons (Fsp3) is 0.812. The zero-order valence-corrected chi connectivity index (χ0v) is 12.8. The lowest BCUT2D eigenvalue weighted by Gasteiger charge is -2.38. The molecule has 0 saturated heterocycles. The fourth-order valence-corrected chi connectivity index (χ4v) is 3.70. The maximum absolute atomic E-state index is 4.48. The third kappa shape index (κ3) is 2.86. The molecule has 19 heavy (non-hydrogen) atoms. The number of hydrogen-bond donors (Lipinski definition) is 1. The van der Waals surface area contributed by atoms with Crippen molar-refractivity contribution >= 4 is 0 Å². The molecule has 0 amide bonds. The number of hydrogen-bond acceptors (Lipinski definition) is 2. The third-order valence-electron chi connectivity index (χ3n) is 4.86. The molecule has 1 heterocycles. The summed E-state index contributed by atoms with van der Waals surface area (Å²) < 4.78 is 2.17. The Balaban J connectivity index is 2.29. The van der Waals surface area contributed by atoms with Crippen LogP contribution in [0, 0.1) is 5.41 Å². The van der Waals surface area contributed by atoms with Gasteiger partial charge >= 0.3 is 0 Å². The molecule has 0 radical (unpaired) electrons. The summed E-state index contributed by atoms with van der Waals surface area (Å²) in [5, 5.41) is 8.30. The normalized spacial score (nSPS) is 19.7. The first-order valence-electron chi connectivity index (χ1n) is 8.02. The Morgan fingerprint density at radius 2 is 2.05 bits per heavy atom. The standard InChI is InChI=1S/C16H29N3/c1-4-12-17-15(14-9-13-18-19(14)6-3)16(5-2)10-7-8-11-16/h9,13,15,17H,4-8,10-12H2,1-3H3. The molecule has 0 aromatic carbocycles. The van der Waals surface area contributed by atoms with Crippen LogP contribution in [0.25, 0.3) is 0 Å². The minimum Gasteiger partial charge on any atom is -0.308 e. The Hall–Kier alpha value is -0.830. The molecule has 1 atom stereocenters. The van der Waals surface area contributed by atoms with Crippen LogP contribution >= 0.6 is 0 Å². The summed E-state index contributed by atoms with van der Waals surface area (Å²) in [5.41, 5.74) is 1.84. The van der Waals surface area contributed by atoms with Crippen LogP contribution in [0.5, 0.6) is 0 Å². The Kier molecular flexibility index (Phi) is 5.03. The van der Waals surface area contributed by atoms with E-state index in [2.05, 4.69) is 41.9 Å². The number of nitrogens with one attached hydrogen (secondary N) is 1. The van der Waals surface area contributed by atoms with E-state index in [1.54, 1.807) is 0 Å². The highest BCUT2D eigenvalue weighted by Gasteiger charge is 2.41. The summed E-state index contributed by atoms with van der Waals surface area (Å²) in [7, 11) is 0. The molecular formula is C16H29N3. The van der Waals surface area contributed by atoms with Gasteiger partial charge < -0.3 is 5.32 Å². The van der Waals surface area contributed by atoms with E-state index >= 15 is 0 Å². The molecule has 1 N–H and O–H groups in total. The van der Waals surface area contributed by atoms with Crippen molar-refractivity contribution in [3.05, 3.63) is 18.0 Å². The monoisotopic (exact) mass is 263 g/mol. The quantitative estimate of drug-likeness (QED) is 0.808. The zero-order chi connectivity index (χ0) is 13.7. The van der Waals surface area contributed by atoms with Crippen molar-refractivity contribution in [1.82, 2.24) is 15.1 Å². The van der Waals surface area contributed by atoms with Gasteiger partial charge in [-0.15, -0.1) is 0 Å². The van der Waals surface area contributed by atoms with Crippen molar-refractivity contribution in [2.45, 2.75) is 71.9 Å². The average molecular weight is 263 g/mol. The van der Waals surface area contributed by atoms with Crippen molar-refractivity contribution in [1.29, 1.82) is 0 Å². The van der Waals surface area contributed by atoms with E-state index in [9.17, 15) is 0 Å². The van der Waals surface area contributed by atoms with Crippen LogP contribution in [0.15, 0.2) is 12.3 Å². The van der Waals surface area contributed by atoms with Crippen LogP contribution in [-0.4, -0.2) is 16.3 Å². The van der Waals surface area contributed by atoms with E-state index in [0.717, 1.165) is 13.1 Å². The second kappa shape index (κ2) is 6.56. The van der Waals surface area contributed by atoms with Gasteiger partial charge in [-0.05, 0) is 50.6 Å². The van der Waals surface area contributed by atoms with E-state index in [1.807, 2.05) is 6.20 Å². The average Bonchev–Trinajstić information content (AvgIpc) is 3.08. The summed E-state index contributed by atoms with van der Waals surface area (Å²) in [6.45, 7) is 8.85. The van der Waals surface area contributed by atoms with Crippen LogP contribution < -0.4 is 5.32 Å². The molecule has 1 aliphatic carbocycles. The largest absolute Gasteiger partial charge is 0.308 e. The van der Waals surface area contributed by atoms with Gasteiger partial charge in [0.25, 0.3) is 0 Å². The summed E-state index contributed by atoms with van der Waals surface area (Å²) in [6, 6.07) is 2.69. The van der Waals surface area contributed by atoms with E-state index < -0.39 is 0 Å². The van der Waals surface area contributed by atoms with E-state index in [4.69, 9.17) is 0 Å². The second-order valence-corrected chi connectivity index (χ2v) is 5.88. The van der Waals surface area contributed by atoms with Gasteiger partial charge in [0.05, 0.1) is 11.7 Å². The van der Waals surface area contributed by atoms with Crippen LogP contribution in [0.3, 0.4) is 0 Å². The lowest BCUT2D eigenvalue weighted by atomic mass is 9.74. The van der Waals surface area contributed by atoms with Gasteiger partial charge in [0, 0.05) is 12.7 Å². The van der Waals surface area contributed by atoms with Gasteiger partial charge in [-0.3, -0.25) is 4.68 Å². The molecule has 0 bridgehead atoms. The summed E-state index contributed by atoms with van der Waals surface area (Å²) in [6.07, 6.45) is 9.91. The molecule has 1 unspecified atom stereocenters. The molecule has 1 aromatic heterocycles. The molecule has 1 aliphatic rings. The van der Waals surface area contributed by atoms with Crippen LogP contribution in [0.2, 0.25) is 0 Å². The lowest BCUT2D eigenvalue weighted by Crippen LogP contribution is -2.38. The Morgan fingerprint density at radius 1 is 1.32 bits per heavy atom. The smallest absolute Gasteiger partial charge is 0.0559 e. The summed E-state index contributed by atoms with van der Waals surface area (Å²) in [5.74, 6) is 0. The number of rotatable bonds is 7. The first-order valence-corrected chi connectivity index (χ1v) is 8.02. The van der Waals surface area contributed by atoms with Gasteiger partial charge in [-0.1, -0.05) is 26.7 Å².